The summed E-state index contributed by atoms with van der Waals surface area (Å²) < 4.78 is 2.03. The number of fused-ring (bicyclic) bond motifs is 2. The lowest BCUT2D eigenvalue weighted by atomic mass is 10.3. The number of rotatable bonds is 1. The standard InChI is InChI=1S/C13H9ClN2.C7H5ClN2/c14-12-6-8-15-13-11(12)7-9-16(13)10-4-2-1-3-5-10;8-6-2-4-10-7-5(6)1-3-9-7/h1-9H;1-4H,(H,9,10). The Kier molecular flexibility index (Phi) is 4.61. The largest absolute Gasteiger partial charge is 0.346 e. The number of halogens is 2. The molecule has 0 saturated heterocycles. The van der Waals surface area contributed by atoms with E-state index in [0.717, 1.165) is 37.8 Å². The van der Waals surface area contributed by atoms with Gasteiger partial charge in [0, 0.05) is 41.2 Å². The van der Waals surface area contributed by atoms with Crippen molar-refractivity contribution in [1.29, 1.82) is 0 Å². The molecule has 4 nitrogen and oxygen atoms in total. The summed E-state index contributed by atoms with van der Waals surface area (Å²) in [5.74, 6) is 0. The fourth-order valence-corrected chi connectivity index (χ4v) is 3.14. The molecule has 1 aromatic carbocycles. The maximum absolute atomic E-state index is 6.10. The second-order valence-electron chi connectivity index (χ2n) is 5.58. The van der Waals surface area contributed by atoms with Gasteiger partial charge in [-0.05, 0) is 36.4 Å². The molecule has 5 rings (SSSR count). The second kappa shape index (κ2) is 7.20. The monoisotopic (exact) mass is 380 g/mol. The summed E-state index contributed by atoms with van der Waals surface area (Å²) in [6.45, 7) is 0. The minimum absolute atomic E-state index is 0.736. The van der Waals surface area contributed by atoms with Crippen LogP contribution in [0.15, 0.2) is 79.4 Å². The van der Waals surface area contributed by atoms with Gasteiger partial charge in [0.25, 0.3) is 0 Å². The van der Waals surface area contributed by atoms with Crippen molar-refractivity contribution in [2.45, 2.75) is 0 Å². The lowest BCUT2D eigenvalue weighted by molar-refractivity contribution is 1.09. The molecule has 4 heterocycles. The number of nitrogens with zero attached hydrogens (tertiary/aromatic N) is 3. The van der Waals surface area contributed by atoms with E-state index in [-0.39, 0.29) is 0 Å². The Morgan fingerprint density at radius 1 is 0.769 bits per heavy atom. The Morgan fingerprint density at radius 3 is 2.27 bits per heavy atom. The molecule has 0 saturated carbocycles. The molecular weight excluding hydrogens is 367 g/mol. The van der Waals surface area contributed by atoms with Crippen molar-refractivity contribution in [3.05, 3.63) is 89.4 Å². The lowest BCUT2D eigenvalue weighted by Crippen LogP contribution is -1.92. The van der Waals surface area contributed by atoms with E-state index in [1.807, 2.05) is 59.4 Å². The fraction of sp³-hybridized carbons (Fsp3) is 0. The topological polar surface area (TPSA) is 46.5 Å². The number of hydrogen-bond donors (Lipinski definition) is 1. The third-order valence-corrected chi connectivity index (χ3v) is 4.63. The normalized spacial score (nSPS) is 10.7. The summed E-state index contributed by atoms with van der Waals surface area (Å²) in [7, 11) is 0. The zero-order valence-corrected chi connectivity index (χ0v) is 15.1. The summed E-state index contributed by atoms with van der Waals surface area (Å²) in [4.78, 5) is 11.4. The van der Waals surface area contributed by atoms with Crippen LogP contribution in [0.2, 0.25) is 10.0 Å². The van der Waals surface area contributed by atoms with Gasteiger partial charge in [-0.15, -0.1) is 0 Å². The molecule has 0 aliphatic rings. The first-order valence-electron chi connectivity index (χ1n) is 7.98. The van der Waals surface area contributed by atoms with E-state index < -0.39 is 0 Å². The van der Waals surface area contributed by atoms with Crippen molar-refractivity contribution < 1.29 is 0 Å². The maximum Gasteiger partial charge on any atom is 0.145 e. The fourth-order valence-electron chi connectivity index (χ4n) is 2.73. The van der Waals surface area contributed by atoms with Crippen LogP contribution in [0.4, 0.5) is 0 Å². The molecule has 5 aromatic rings. The number of para-hydroxylation sites is 1. The van der Waals surface area contributed by atoms with Gasteiger partial charge in [-0.3, -0.25) is 0 Å². The number of benzene rings is 1. The molecule has 0 unspecified atom stereocenters. The van der Waals surface area contributed by atoms with Gasteiger partial charge >= 0.3 is 0 Å². The van der Waals surface area contributed by atoms with Gasteiger partial charge in [0.05, 0.1) is 10.0 Å². The smallest absolute Gasteiger partial charge is 0.145 e. The predicted octanol–water partition coefficient (Wildman–Crippen LogP) is 5.90. The predicted molar refractivity (Wildman–Crippen MR) is 107 cm³/mol. The van der Waals surface area contributed by atoms with Crippen LogP contribution in [0, 0.1) is 0 Å². The van der Waals surface area contributed by atoms with Crippen molar-refractivity contribution in [3.63, 3.8) is 0 Å². The van der Waals surface area contributed by atoms with Crippen molar-refractivity contribution in [1.82, 2.24) is 19.5 Å². The molecule has 0 fully saturated rings. The van der Waals surface area contributed by atoms with E-state index in [0.29, 0.717) is 0 Å². The number of hydrogen-bond acceptors (Lipinski definition) is 2. The highest BCUT2D eigenvalue weighted by Crippen LogP contribution is 2.24. The average Bonchev–Trinajstić information content (AvgIpc) is 3.31. The molecule has 0 radical (unpaired) electrons. The van der Waals surface area contributed by atoms with Crippen molar-refractivity contribution >= 4 is 45.3 Å². The Labute approximate surface area is 160 Å². The minimum atomic E-state index is 0.736. The number of H-pyrrole nitrogens is 1. The third kappa shape index (κ3) is 3.17. The Balaban J connectivity index is 0.000000144. The Hall–Kier alpha value is -2.82. The zero-order valence-electron chi connectivity index (χ0n) is 13.6. The van der Waals surface area contributed by atoms with Crippen LogP contribution in [0.1, 0.15) is 0 Å². The number of nitrogens with one attached hydrogen (secondary N) is 1. The van der Waals surface area contributed by atoms with Crippen LogP contribution >= 0.6 is 23.2 Å². The first-order valence-corrected chi connectivity index (χ1v) is 8.74. The van der Waals surface area contributed by atoms with E-state index in [4.69, 9.17) is 23.2 Å². The van der Waals surface area contributed by atoms with Crippen molar-refractivity contribution in [3.8, 4) is 5.69 Å². The first kappa shape index (κ1) is 16.6. The SMILES string of the molecule is Clc1ccnc2[nH]ccc12.Clc1ccnc2c1ccn2-c1ccccc1. The van der Waals surface area contributed by atoms with Gasteiger partial charge in [0.1, 0.15) is 11.3 Å². The summed E-state index contributed by atoms with van der Waals surface area (Å²) in [6.07, 6.45) is 7.22. The molecule has 0 aliphatic carbocycles. The second-order valence-corrected chi connectivity index (χ2v) is 6.40. The molecule has 1 N–H and O–H groups in total. The van der Waals surface area contributed by atoms with Gasteiger partial charge in [0.2, 0.25) is 0 Å². The van der Waals surface area contributed by atoms with Crippen LogP contribution in [0.3, 0.4) is 0 Å². The zero-order chi connectivity index (χ0) is 17.9. The third-order valence-electron chi connectivity index (χ3n) is 3.98. The average molecular weight is 381 g/mol. The van der Waals surface area contributed by atoms with E-state index >= 15 is 0 Å². The molecule has 128 valence electrons. The molecule has 0 aliphatic heterocycles. The molecule has 4 aromatic heterocycles. The first-order chi connectivity index (χ1) is 12.7. The van der Waals surface area contributed by atoms with Crippen LogP contribution in [-0.4, -0.2) is 19.5 Å². The van der Waals surface area contributed by atoms with Gasteiger partial charge < -0.3 is 9.55 Å². The van der Waals surface area contributed by atoms with E-state index in [2.05, 4.69) is 15.0 Å². The molecular formula is C20H14Cl2N4. The quantitative estimate of drug-likeness (QED) is 0.393. The molecule has 0 spiro atoms. The molecule has 26 heavy (non-hydrogen) atoms. The molecule has 0 atom stereocenters. The van der Waals surface area contributed by atoms with E-state index in [1.54, 1.807) is 24.5 Å². The number of aromatic nitrogens is 4. The highest BCUT2D eigenvalue weighted by Gasteiger charge is 2.06. The molecule has 0 bridgehead atoms. The van der Waals surface area contributed by atoms with E-state index in [1.165, 1.54) is 0 Å². The number of pyridine rings is 2. The van der Waals surface area contributed by atoms with Gasteiger partial charge in [-0.2, -0.15) is 0 Å². The Morgan fingerprint density at radius 2 is 1.50 bits per heavy atom. The van der Waals surface area contributed by atoms with Gasteiger partial charge in [-0.1, -0.05) is 41.4 Å². The van der Waals surface area contributed by atoms with Crippen LogP contribution in [-0.2, 0) is 0 Å². The van der Waals surface area contributed by atoms with Crippen molar-refractivity contribution in [2.24, 2.45) is 0 Å². The highest BCUT2D eigenvalue weighted by molar-refractivity contribution is 6.35. The highest BCUT2D eigenvalue weighted by atomic mass is 35.5. The van der Waals surface area contributed by atoms with Crippen LogP contribution < -0.4 is 0 Å². The lowest BCUT2D eigenvalue weighted by Gasteiger charge is -2.03. The maximum atomic E-state index is 6.10. The Bertz CT molecular complexity index is 1160. The van der Waals surface area contributed by atoms with Crippen LogP contribution in [0.5, 0.6) is 0 Å². The van der Waals surface area contributed by atoms with Crippen LogP contribution in [0.25, 0.3) is 27.8 Å². The molecule has 0 amide bonds. The summed E-state index contributed by atoms with van der Waals surface area (Å²) in [5.41, 5.74) is 2.82. The minimum Gasteiger partial charge on any atom is -0.346 e. The van der Waals surface area contributed by atoms with Gasteiger partial charge in [-0.25, -0.2) is 9.97 Å². The van der Waals surface area contributed by atoms with Gasteiger partial charge in [0.15, 0.2) is 0 Å². The van der Waals surface area contributed by atoms with Crippen molar-refractivity contribution in [2.75, 3.05) is 0 Å². The van der Waals surface area contributed by atoms with E-state index in [9.17, 15) is 0 Å². The summed E-state index contributed by atoms with van der Waals surface area (Å²) in [5, 5.41) is 3.43. The number of aromatic amines is 1. The summed E-state index contributed by atoms with van der Waals surface area (Å²) in [6, 6.07) is 17.6. The summed E-state index contributed by atoms with van der Waals surface area (Å²) >= 11 is 11.9. The molecule has 6 heteroatoms.